The second-order valence-electron chi connectivity index (χ2n) is 7.79. The number of rotatable bonds is 11. The third-order valence-corrected chi connectivity index (χ3v) is 5.47. The van der Waals surface area contributed by atoms with E-state index in [-0.39, 0.29) is 37.8 Å². The summed E-state index contributed by atoms with van der Waals surface area (Å²) in [5.74, 6) is -0.0246. The Balaban J connectivity index is 1.57. The van der Waals surface area contributed by atoms with Gasteiger partial charge < -0.3 is 41.3 Å². The molecule has 0 aromatic heterocycles. The molecule has 0 aliphatic rings. The summed E-state index contributed by atoms with van der Waals surface area (Å²) in [7, 11) is 0. The van der Waals surface area contributed by atoms with E-state index in [1.165, 1.54) is 12.1 Å². The van der Waals surface area contributed by atoms with Crippen LogP contribution < -0.4 is 10.6 Å². The first-order valence-electron chi connectivity index (χ1n) is 10.7. The van der Waals surface area contributed by atoms with Crippen molar-refractivity contribution in [3.8, 4) is 11.5 Å². The van der Waals surface area contributed by atoms with Crippen molar-refractivity contribution < 1.29 is 30.6 Å². The van der Waals surface area contributed by atoms with Crippen LogP contribution in [0.4, 0.5) is 5.69 Å². The number of aromatic hydroxyl groups is 2. The lowest BCUT2D eigenvalue weighted by molar-refractivity contribution is 0.174. The van der Waals surface area contributed by atoms with Crippen LogP contribution in [0.3, 0.4) is 0 Å². The van der Waals surface area contributed by atoms with E-state index in [0.29, 0.717) is 28.8 Å². The van der Waals surface area contributed by atoms with Gasteiger partial charge in [0.15, 0.2) is 0 Å². The zero-order valence-electron chi connectivity index (χ0n) is 18.1. The van der Waals surface area contributed by atoms with Crippen LogP contribution in [-0.2, 0) is 19.8 Å². The third-order valence-electron chi connectivity index (χ3n) is 5.47. The summed E-state index contributed by atoms with van der Waals surface area (Å²) in [5, 5.41) is 65.3. The topological polar surface area (TPSA) is 145 Å². The summed E-state index contributed by atoms with van der Waals surface area (Å²) < 4.78 is 0. The fourth-order valence-electron chi connectivity index (χ4n) is 3.51. The lowest BCUT2D eigenvalue weighted by atomic mass is 10.0. The largest absolute Gasteiger partial charge is 0.508 e. The van der Waals surface area contributed by atoms with Crippen molar-refractivity contribution in [1.29, 1.82) is 0 Å². The van der Waals surface area contributed by atoms with Gasteiger partial charge in [0.1, 0.15) is 11.5 Å². The molecule has 176 valence electrons. The molecule has 0 amide bonds. The molecule has 8 nitrogen and oxygen atoms in total. The Morgan fingerprint density at radius 1 is 0.667 bits per heavy atom. The first kappa shape index (κ1) is 24.5. The highest BCUT2D eigenvalue weighted by Gasteiger charge is 2.13. The molecule has 3 rings (SSSR count). The molecule has 8 heteroatoms. The molecule has 0 heterocycles. The van der Waals surface area contributed by atoms with Gasteiger partial charge in [-0.25, -0.2) is 0 Å². The summed E-state index contributed by atoms with van der Waals surface area (Å²) in [6, 6.07) is 16.9. The third kappa shape index (κ3) is 6.44. The normalized spacial score (nSPS) is 13.0. The van der Waals surface area contributed by atoms with Crippen molar-refractivity contribution in [2.75, 3.05) is 18.4 Å². The minimum absolute atomic E-state index is 0.0107. The van der Waals surface area contributed by atoms with Gasteiger partial charge in [-0.3, -0.25) is 0 Å². The van der Waals surface area contributed by atoms with Crippen LogP contribution in [0.2, 0.25) is 0 Å². The monoisotopic (exact) mass is 454 g/mol. The molecule has 0 radical (unpaired) electrons. The summed E-state index contributed by atoms with van der Waals surface area (Å²) in [6.45, 7) is 0.341. The molecule has 3 aromatic carbocycles. The average Bonchev–Trinajstić information content (AvgIpc) is 2.83. The molecule has 8 N–H and O–H groups in total. The maximum atomic E-state index is 10.5. The van der Waals surface area contributed by atoms with Crippen LogP contribution in [0, 0.1) is 0 Å². The highest BCUT2D eigenvalue weighted by atomic mass is 16.3. The van der Waals surface area contributed by atoms with E-state index in [0.717, 1.165) is 11.3 Å². The molecule has 3 aromatic rings. The number of nitrogens with one attached hydrogen (secondary N) is 2. The van der Waals surface area contributed by atoms with Gasteiger partial charge in [0.05, 0.1) is 25.4 Å². The number of anilines is 1. The fourth-order valence-corrected chi connectivity index (χ4v) is 3.51. The van der Waals surface area contributed by atoms with Crippen LogP contribution in [0.5, 0.6) is 11.5 Å². The van der Waals surface area contributed by atoms with Crippen molar-refractivity contribution in [3.63, 3.8) is 0 Å². The van der Waals surface area contributed by atoms with Gasteiger partial charge in [-0.2, -0.15) is 0 Å². The Kier molecular flexibility index (Phi) is 8.65. The Hall–Kier alpha value is -3.14. The summed E-state index contributed by atoms with van der Waals surface area (Å²) in [6.07, 6.45) is -1.65. The van der Waals surface area contributed by atoms with Crippen molar-refractivity contribution in [3.05, 3.63) is 88.5 Å². The Labute approximate surface area is 192 Å². The molecule has 0 fully saturated rings. The Bertz CT molecular complexity index is 1060. The maximum Gasteiger partial charge on any atom is 0.121 e. The maximum absolute atomic E-state index is 10.5. The van der Waals surface area contributed by atoms with E-state index < -0.39 is 12.2 Å². The van der Waals surface area contributed by atoms with Gasteiger partial charge in [-0.1, -0.05) is 30.3 Å². The molecule has 2 atom stereocenters. The van der Waals surface area contributed by atoms with Crippen LogP contribution in [0.1, 0.15) is 40.0 Å². The van der Waals surface area contributed by atoms with Crippen LogP contribution >= 0.6 is 0 Å². The second-order valence-corrected chi connectivity index (χ2v) is 7.79. The highest BCUT2D eigenvalue weighted by Crippen LogP contribution is 2.24. The summed E-state index contributed by atoms with van der Waals surface area (Å²) >= 11 is 0. The van der Waals surface area contributed by atoms with Gasteiger partial charge in [-0.15, -0.1) is 0 Å². The van der Waals surface area contributed by atoms with Crippen LogP contribution in [-0.4, -0.2) is 43.7 Å². The SMILES string of the molecule is OCc1cc(C(O)CNCc2ccccc2NCC(O)c2ccc(O)c(CO)c2)ccc1O. The van der Waals surface area contributed by atoms with Crippen molar-refractivity contribution >= 4 is 5.69 Å². The number of phenols is 2. The fraction of sp³-hybridized carbons (Fsp3) is 0.280. The van der Waals surface area contributed by atoms with E-state index in [1.54, 1.807) is 24.3 Å². The molecule has 0 aliphatic heterocycles. The molecule has 0 saturated carbocycles. The predicted molar refractivity (Wildman–Crippen MR) is 125 cm³/mol. The molecule has 33 heavy (non-hydrogen) atoms. The molecular formula is C25H30N2O6. The number of hydrogen-bond acceptors (Lipinski definition) is 8. The van der Waals surface area contributed by atoms with Gasteiger partial charge >= 0.3 is 0 Å². The lowest BCUT2D eigenvalue weighted by Gasteiger charge is -2.18. The molecule has 0 bridgehead atoms. The highest BCUT2D eigenvalue weighted by molar-refractivity contribution is 5.51. The average molecular weight is 455 g/mol. The van der Waals surface area contributed by atoms with Crippen LogP contribution in [0.15, 0.2) is 60.7 Å². The summed E-state index contributed by atoms with van der Waals surface area (Å²) in [4.78, 5) is 0. The number of aliphatic hydroxyl groups is 4. The number of aliphatic hydroxyl groups excluding tert-OH is 4. The zero-order valence-corrected chi connectivity index (χ0v) is 18.1. The van der Waals surface area contributed by atoms with E-state index in [4.69, 9.17) is 0 Å². The molecular weight excluding hydrogens is 424 g/mol. The lowest BCUT2D eigenvalue weighted by Crippen LogP contribution is -2.22. The molecule has 0 saturated heterocycles. The van der Waals surface area contributed by atoms with Crippen molar-refractivity contribution in [1.82, 2.24) is 5.32 Å². The predicted octanol–water partition coefficient (Wildman–Crippen LogP) is 2.05. The van der Waals surface area contributed by atoms with Gasteiger partial charge in [0, 0.05) is 36.4 Å². The van der Waals surface area contributed by atoms with E-state index in [9.17, 15) is 30.6 Å². The number of para-hydroxylation sites is 1. The number of hydrogen-bond donors (Lipinski definition) is 8. The molecule has 2 unspecified atom stereocenters. The minimum Gasteiger partial charge on any atom is -0.508 e. The van der Waals surface area contributed by atoms with Crippen molar-refractivity contribution in [2.45, 2.75) is 32.0 Å². The zero-order chi connectivity index (χ0) is 23.8. The first-order valence-corrected chi connectivity index (χ1v) is 10.7. The van der Waals surface area contributed by atoms with Crippen molar-refractivity contribution in [2.24, 2.45) is 0 Å². The van der Waals surface area contributed by atoms with Gasteiger partial charge in [-0.05, 0) is 47.0 Å². The Morgan fingerprint density at radius 2 is 1.21 bits per heavy atom. The van der Waals surface area contributed by atoms with Gasteiger partial charge in [0.2, 0.25) is 0 Å². The molecule has 0 aliphatic carbocycles. The minimum atomic E-state index is -0.839. The van der Waals surface area contributed by atoms with E-state index in [2.05, 4.69) is 10.6 Å². The quantitative estimate of drug-likeness (QED) is 0.220. The standard InChI is InChI=1S/C25H30N2O6/c28-14-19-9-16(5-7-22(19)30)24(32)12-26-11-18-3-1-2-4-21(18)27-13-25(33)17-6-8-23(31)20(10-17)15-29/h1-10,24-33H,11-15H2. The van der Waals surface area contributed by atoms with E-state index >= 15 is 0 Å². The van der Waals surface area contributed by atoms with E-state index in [1.807, 2.05) is 24.3 Å². The molecule has 0 spiro atoms. The Morgan fingerprint density at radius 3 is 1.79 bits per heavy atom. The number of benzene rings is 3. The van der Waals surface area contributed by atoms with Gasteiger partial charge in [0.25, 0.3) is 0 Å². The second kappa shape index (κ2) is 11.6. The smallest absolute Gasteiger partial charge is 0.121 e. The van der Waals surface area contributed by atoms with Crippen LogP contribution in [0.25, 0.3) is 0 Å². The first-order chi connectivity index (χ1) is 15.9. The summed E-state index contributed by atoms with van der Waals surface area (Å²) in [5.41, 5.74) is 3.66.